The second kappa shape index (κ2) is 5.34. The Morgan fingerprint density at radius 3 is 2.73 bits per heavy atom. The van der Waals surface area contributed by atoms with E-state index in [1.54, 1.807) is 13.0 Å². The first-order chi connectivity index (χ1) is 7.06. The van der Waals surface area contributed by atoms with E-state index in [1.807, 2.05) is 0 Å². The number of aliphatic hydroxyl groups is 2. The summed E-state index contributed by atoms with van der Waals surface area (Å²) in [5.41, 5.74) is 0.848. The van der Waals surface area contributed by atoms with Gasteiger partial charge in [-0.3, -0.25) is 4.79 Å². The SMILES string of the molecule is Cc1cc(C(O)C(O)CCS)c[nH]c1=O. The molecule has 1 aromatic rings. The lowest BCUT2D eigenvalue weighted by molar-refractivity contribution is 0.0170. The molecule has 2 unspecified atom stereocenters. The lowest BCUT2D eigenvalue weighted by atomic mass is 10.0. The second-order valence-electron chi connectivity index (χ2n) is 3.47. The van der Waals surface area contributed by atoms with Gasteiger partial charge >= 0.3 is 0 Å². The van der Waals surface area contributed by atoms with Crippen molar-refractivity contribution in [1.29, 1.82) is 0 Å². The number of rotatable bonds is 4. The molecule has 0 aliphatic carbocycles. The summed E-state index contributed by atoms with van der Waals surface area (Å²) in [4.78, 5) is 13.6. The van der Waals surface area contributed by atoms with Crippen molar-refractivity contribution < 1.29 is 10.2 Å². The third kappa shape index (κ3) is 3.09. The summed E-state index contributed by atoms with van der Waals surface area (Å²) in [7, 11) is 0. The fraction of sp³-hybridized carbons (Fsp3) is 0.500. The Kier molecular flexibility index (Phi) is 4.38. The molecular formula is C10H15NO3S. The summed E-state index contributed by atoms with van der Waals surface area (Å²) < 4.78 is 0. The van der Waals surface area contributed by atoms with Gasteiger partial charge in [0.25, 0.3) is 5.56 Å². The van der Waals surface area contributed by atoms with Crippen molar-refractivity contribution in [1.82, 2.24) is 4.98 Å². The molecule has 0 aliphatic heterocycles. The molecule has 0 saturated heterocycles. The van der Waals surface area contributed by atoms with Crippen LogP contribution in [0.3, 0.4) is 0 Å². The summed E-state index contributed by atoms with van der Waals surface area (Å²) in [6.45, 7) is 1.65. The highest BCUT2D eigenvalue weighted by atomic mass is 32.1. The molecule has 0 aliphatic rings. The van der Waals surface area contributed by atoms with E-state index in [0.29, 0.717) is 23.3 Å². The van der Waals surface area contributed by atoms with Gasteiger partial charge in [-0.1, -0.05) is 0 Å². The third-order valence-electron chi connectivity index (χ3n) is 2.24. The number of thiol groups is 1. The second-order valence-corrected chi connectivity index (χ2v) is 3.92. The highest BCUT2D eigenvalue weighted by Crippen LogP contribution is 2.18. The first-order valence-corrected chi connectivity index (χ1v) is 5.35. The van der Waals surface area contributed by atoms with Crippen LogP contribution < -0.4 is 5.56 Å². The largest absolute Gasteiger partial charge is 0.390 e. The van der Waals surface area contributed by atoms with Gasteiger partial charge in [0.15, 0.2) is 0 Å². The van der Waals surface area contributed by atoms with Gasteiger partial charge in [-0.05, 0) is 30.7 Å². The Morgan fingerprint density at radius 2 is 2.20 bits per heavy atom. The maximum atomic E-state index is 11.1. The average Bonchev–Trinajstić information content (AvgIpc) is 2.21. The van der Waals surface area contributed by atoms with Crippen LogP contribution in [-0.4, -0.2) is 27.1 Å². The molecule has 0 amide bonds. The molecule has 1 heterocycles. The topological polar surface area (TPSA) is 73.3 Å². The zero-order chi connectivity index (χ0) is 11.4. The number of aryl methyl sites for hydroxylation is 1. The molecule has 0 bridgehead atoms. The maximum absolute atomic E-state index is 11.1. The molecule has 0 saturated carbocycles. The number of aromatic amines is 1. The number of pyridine rings is 1. The summed E-state index contributed by atoms with van der Waals surface area (Å²) in [6, 6.07) is 1.57. The van der Waals surface area contributed by atoms with E-state index in [2.05, 4.69) is 17.6 Å². The number of hydrogen-bond acceptors (Lipinski definition) is 4. The Labute approximate surface area is 93.4 Å². The van der Waals surface area contributed by atoms with E-state index in [1.165, 1.54) is 6.20 Å². The lowest BCUT2D eigenvalue weighted by Gasteiger charge is -2.17. The predicted octanol–water partition coefficient (Wildman–Crippen LogP) is 0.398. The summed E-state index contributed by atoms with van der Waals surface area (Å²) >= 11 is 3.97. The summed E-state index contributed by atoms with van der Waals surface area (Å²) in [6.07, 6.45) is -0.00927. The average molecular weight is 229 g/mol. The summed E-state index contributed by atoms with van der Waals surface area (Å²) in [5.74, 6) is 0.501. The van der Waals surface area contributed by atoms with Crippen LogP contribution in [0.2, 0.25) is 0 Å². The van der Waals surface area contributed by atoms with Crippen LogP contribution in [0.4, 0.5) is 0 Å². The monoisotopic (exact) mass is 229 g/mol. The van der Waals surface area contributed by atoms with Gasteiger partial charge in [-0.2, -0.15) is 12.6 Å². The van der Waals surface area contributed by atoms with Crippen LogP contribution >= 0.6 is 12.6 Å². The van der Waals surface area contributed by atoms with Crippen molar-refractivity contribution in [2.75, 3.05) is 5.75 Å². The van der Waals surface area contributed by atoms with E-state index >= 15 is 0 Å². The van der Waals surface area contributed by atoms with Crippen LogP contribution in [-0.2, 0) is 0 Å². The number of H-pyrrole nitrogens is 1. The van der Waals surface area contributed by atoms with Crippen molar-refractivity contribution in [3.8, 4) is 0 Å². The smallest absolute Gasteiger partial charge is 0.250 e. The van der Waals surface area contributed by atoms with Crippen LogP contribution in [0.15, 0.2) is 17.1 Å². The number of aromatic nitrogens is 1. The first-order valence-electron chi connectivity index (χ1n) is 4.72. The maximum Gasteiger partial charge on any atom is 0.250 e. The van der Waals surface area contributed by atoms with Crippen molar-refractivity contribution in [2.45, 2.75) is 25.6 Å². The van der Waals surface area contributed by atoms with Crippen molar-refractivity contribution in [3.05, 3.63) is 33.7 Å². The van der Waals surface area contributed by atoms with Crippen LogP contribution in [0, 0.1) is 6.92 Å². The molecule has 4 nitrogen and oxygen atoms in total. The number of nitrogens with one attached hydrogen (secondary N) is 1. The van der Waals surface area contributed by atoms with E-state index in [4.69, 9.17) is 0 Å². The third-order valence-corrected chi connectivity index (χ3v) is 2.50. The quantitative estimate of drug-likeness (QED) is 0.565. The molecule has 0 radical (unpaired) electrons. The highest BCUT2D eigenvalue weighted by Gasteiger charge is 2.17. The molecule has 3 N–H and O–H groups in total. The van der Waals surface area contributed by atoms with Crippen molar-refractivity contribution in [3.63, 3.8) is 0 Å². The molecule has 5 heteroatoms. The Balaban J connectivity index is 2.86. The molecule has 15 heavy (non-hydrogen) atoms. The zero-order valence-electron chi connectivity index (χ0n) is 8.47. The highest BCUT2D eigenvalue weighted by molar-refractivity contribution is 7.80. The van der Waals surface area contributed by atoms with Crippen LogP contribution in [0.25, 0.3) is 0 Å². The molecule has 84 valence electrons. The van der Waals surface area contributed by atoms with Gasteiger partial charge in [0.05, 0.1) is 6.10 Å². The predicted molar refractivity (Wildman–Crippen MR) is 61.2 cm³/mol. The van der Waals surface area contributed by atoms with E-state index < -0.39 is 12.2 Å². The Hall–Kier alpha value is -0.780. The number of aliphatic hydroxyl groups excluding tert-OH is 2. The zero-order valence-corrected chi connectivity index (χ0v) is 9.37. The molecule has 1 rings (SSSR count). The standard InChI is InChI=1S/C10H15NO3S/c1-6-4-7(5-11-10(6)14)9(13)8(12)2-3-15/h4-5,8-9,12-13,15H,2-3H2,1H3,(H,11,14). The minimum Gasteiger partial charge on any atom is -0.390 e. The lowest BCUT2D eigenvalue weighted by Crippen LogP contribution is -2.20. The van der Waals surface area contributed by atoms with Crippen LogP contribution in [0.1, 0.15) is 23.7 Å². The minimum absolute atomic E-state index is 0.186. The van der Waals surface area contributed by atoms with E-state index in [-0.39, 0.29) is 5.56 Å². The molecule has 0 aromatic carbocycles. The summed E-state index contributed by atoms with van der Waals surface area (Å²) in [5, 5.41) is 19.3. The van der Waals surface area contributed by atoms with Gasteiger partial charge in [-0.25, -0.2) is 0 Å². The molecule has 0 spiro atoms. The first kappa shape index (κ1) is 12.3. The molecule has 1 aromatic heterocycles. The fourth-order valence-electron chi connectivity index (χ4n) is 1.30. The van der Waals surface area contributed by atoms with Gasteiger partial charge in [0.1, 0.15) is 6.10 Å². The van der Waals surface area contributed by atoms with Crippen molar-refractivity contribution in [2.24, 2.45) is 0 Å². The molecule has 0 fully saturated rings. The normalized spacial score (nSPS) is 14.9. The van der Waals surface area contributed by atoms with Gasteiger partial charge in [0, 0.05) is 11.8 Å². The number of hydrogen-bond donors (Lipinski definition) is 4. The van der Waals surface area contributed by atoms with Gasteiger partial charge in [0.2, 0.25) is 0 Å². The molecular weight excluding hydrogens is 214 g/mol. The van der Waals surface area contributed by atoms with Gasteiger partial charge in [-0.15, -0.1) is 0 Å². The van der Waals surface area contributed by atoms with Gasteiger partial charge < -0.3 is 15.2 Å². The Bertz CT molecular complexity index is 377. The van der Waals surface area contributed by atoms with E-state index in [9.17, 15) is 15.0 Å². The fourth-order valence-corrected chi connectivity index (χ4v) is 1.57. The van der Waals surface area contributed by atoms with E-state index in [0.717, 1.165) is 0 Å². The minimum atomic E-state index is -0.979. The Morgan fingerprint density at radius 1 is 1.53 bits per heavy atom. The van der Waals surface area contributed by atoms with Crippen molar-refractivity contribution >= 4 is 12.6 Å². The van der Waals surface area contributed by atoms with Crippen LogP contribution in [0.5, 0.6) is 0 Å². The molecule has 2 atom stereocenters.